The van der Waals surface area contributed by atoms with Gasteiger partial charge in [-0.2, -0.15) is 0 Å². The predicted octanol–water partition coefficient (Wildman–Crippen LogP) is 3.71. The number of amides is 1. The first-order valence-electron chi connectivity index (χ1n) is 6.32. The summed E-state index contributed by atoms with van der Waals surface area (Å²) in [6.45, 7) is 1.85. The molecule has 0 aliphatic rings. The smallest absolute Gasteiger partial charge is 0.240 e. The van der Waals surface area contributed by atoms with Gasteiger partial charge in [0.15, 0.2) is 9.84 Å². The molecule has 0 aliphatic heterocycles. The van der Waals surface area contributed by atoms with E-state index < -0.39 is 21.5 Å². The van der Waals surface area contributed by atoms with Gasteiger partial charge in [0.05, 0.1) is 15.6 Å². The van der Waals surface area contributed by atoms with Crippen molar-refractivity contribution in [3.8, 4) is 0 Å². The van der Waals surface area contributed by atoms with Gasteiger partial charge in [-0.3, -0.25) is 4.79 Å². The van der Waals surface area contributed by atoms with E-state index in [9.17, 15) is 13.2 Å². The van der Waals surface area contributed by atoms with E-state index in [4.69, 9.17) is 23.2 Å². The zero-order valence-corrected chi connectivity index (χ0v) is 14.0. The van der Waals surface area contributed by atoms with Crippen molar-refractivity contribution in [2.75, 3.05) is 11.1 Å². The number of anilines is 1. The van der Waals surface area contributed by atoms with Crippen molar-refractivity contribution >= 4 is 44.6 Å². The Morgan fingerprint density at radius 1 is 1.09 bits per heavy atom. The van der Waals surface area contributed by atoms with Crippen molar-refractivity contribution in [2.24, 2.45) is 0 Å². The zero-order chi connectivity index (χ0) is 16.3. The molecule has 1 amide bonds. The molecule has 7 heteroatoms. The van der Waals surface area contributed by atoms with Crippen LogP contribution in [0.4, 0.5) is 5.69 Å². The van der Waals surface area contributed by atoms with Gasteiger partial charge in [0.1, 0.15) is 5.75 Å². The van der Waals surface area contributed by atoms with Gasteiger partial charge >= 0.3 is 0 Å². The molecule has 2 aromatic carbocycles. The van der Waals surface area contributed by atoms with Crippen molar-refractivity contribution < 1.29 is 13.2 Å². The minimum atomic E-state index is -3.71. The molecule has 0 saturated carbocycles. The Bertz CT molecular complexity index is 802. The normalized spacial score (nSPS) is 11.2. The number of carbonyl (C=O) groups excluding carboxylic acids is 1. The monoisotopic (exact) mass is 357 g/mol. The second-order valence-corrected chi connectivity index (χ2v) is 7.58. The van der Waals surface area contributed by atoms with Crippen LogP contribution in [0.15, 0.2) is 47.4 Å². The highest BCUT2D eigenvalue weighted by molar-refractivity contribution is 7.92. The molecule has 0 atom stereocenters. The molecule has 0 radical (unpaired) electrons. The second-order valence-electron chi connectivity index (χ2n) is 4.74. The van der Waals surface area contributed by atoms with Crippen LogP contribution in [0.1, 0.15) is 5.56 Å². The maximum Gasteiger partial charge on any atom is 0.240 e. The third-order valence-electron chi connectivity index (χ3n) is 2.90. The van der Waals surface area contributed by atoms with Gasteiger partial charge in [0.2, 0.25) is 5.91 Å². The molecule has 0 fully saturated rings. The number of sulfone groups is 1. The number of halogens is 2. The van der Waals surface area contributed by atoms with E-state index in [1.54, 1.807) is 18.2 Å². The maximum absolute atomic E-state index is 12.2. The van der Waals surface area contributed by atoms with Crippen LogP contribution >= 0.6 is 23.2 Å². The lowest BCUT2D eigenvalue weighted by Crippen LogP contribution is -2.23. The molecule has 0 aromatic heterocycles. The quantitative estimate of drug-likeness (QED) is 0.906. The molecule has 0 unspecified atom stereocenters. The molecule has 2 aromatic rings. The highest BCUT2D eigenvalue weighted by atomic mass is 35.5. The molecule has 0 heterocycles. The predicted molar refractivity (Wildman–Crippen MR) is 88.3 cm³/mol. The lowest BCUT2D eigenvalue weighted by molar-refractivity contribution is -0.113. The Kier molecular flexibility index (Phi) is 5.11. The topological polar surface area (TPSA) is 63.2 Å². The van der Waals surface area contributed by atoms with E-state index >= 15 is 0 Å². The standard InChI is InChI=1S/C15H13Cl2NO3S/c1-10-2-5-12(6-3-10)22(20,21)9-15(19)18-14-8-11(16)4-7-13(14)17/h2-8H,9H2,1H3,(H,18,19). The van der Waals surface area contributed by atoms with Crippen molar-refractivity contribution in [1.29, 1.82) is 0 Å². The summed E-state index contributed by atoms with van der Waals surface area (Å²) in [5.74, 6) is -1.34. The fourth-order valence-corrected chi connectivity index (χ4v) is 3.25. The van der Waals surface area contributed by atoms with Crippen LogP contribution in [0.25, 0.3) is 0 Å². The van der Waals surface area contributed by atoms with E-state index in [0.717, 1.165) is 5.56 Å². The summed E-state index contributed by atoms with van der Waals surface area (Å²) in [6.07, 6.45) is 0. The summed E-state index contributed by atoms with van der Waals surface area (Å²) in [4.78, 5) is 12.0. The van der Waals surface area contributed by atoms with E-state index in [1.807, 2.05) is 6.92 Å². The SMILES string of the molecule is Cc1ccc(S(=O)(=O)CC(=O)Nc2cc(Cl)ccc2Cl)cc1. The first-order valence-corrected chi connectivity index (χ1v) is 8.73. The summed E-state index contributed by atoms with van der Waals surface area (Å²) in [5.41, 5.74) is 1.22. The minimum Gasteiger partial charge on any atom is -0.324 e. The first kappa shape index (κ1) is 16.8. The molecule has 0 saturated heterocycles. The third kappa shape index (κ3) is 4.22. The molecule has 0 spiro atoms. The van der Waals surface area contributed by atoms with Crippen molar-refractivity contribution in [1.82, 2.24) is 0 Å². The number of rotatable bonds is 4. The highest BCUT2D eigenvalue weighted by Crippen LogP contribution is 2.25. The van der Waals surface area contributed by atoms with Gasteiger partial charge in [-0.25, -0.2) is 8.42 Å². The Balaban J connectivity index is 2.14. The van der Waals surface area contributed by atoms with Gasteiger partial charge in [-0.05, 0) is 37.3 Å². The van der Waals surface area contributed by atoms with Crippen molar-refractivity contribution in [3.05, 3.63) is 58.1 Å². The van der Waals surface area contributed by atoms with Gasteiger partial charge in [-0.1, -0.05) is 40.9 Å². The summed E-state index contributed by atoms with van der Waals surface area (Å²) in [5, 5.41) is 3.13. The van der Waals surface area contributed by atoms with Crippen LogP contribution in [-0.2, 0) is 14.6 Å². The lowest BCUT2D eigenvalue weighted by atomic mass is 10.2. The van der Waals surface area contributed by atoms with Crippen LogP contribution in [-0.4, -0.2) is 20.1 Å². The largest absolute Gasteiger partial charge is 0.324 e. The number of benzene rings is 2. The molecular formula is C15H13Cl2NO3S. The Hall–Kier alpha value is -1.56. The van der Waals surface area contributed by atoms with Crippen LogP contribution in [0.5, 0.6) is 0 Å². The number of carbonyl (C=O) groups is 1. The number of hydrogen-bond donors (Lipinski definition) is 1. The molecule has 0 aliphatic carbocycles. The second kappa shape index (κ2) is 6.69. The van der Waals surface area contributed by atoms with E-state index in [0.29, 0.717) is 5.02 Å². The zero-order valence-electron chi connectivity index (χ0n) is 11.6. The lowest BCUT2D eigenvalue weighted by Gasteiger charge is -2.08. The van der Waals surface area contributed by atoms with Crippen LogP contribution in [0.2, 0.25) is 10.0 Å². The maximum atomic E-state index is 12.2. The molecule has 4 nitrogen and oxygen atoms in total. The van der Waals surface area contributed by atoms with E-state index in [1.165, 1.54) is 24.3 Å². The van der Waals surface area contributed by atoms with E-state index in [-0.39, 0.29) is 15.6 Å². The minimum absolute atomic E-state index is 0.102. The number of nitrogens with one attached hydrogen (secondary N) is 1. The Morgan fingerprint density at radius 3 is 2.36 bits per heavy atom. The van der Waals surface area contributed by atoms with Crippen LogP contribution in [0, 0.1) is 6.92 Å². The Morgan fingerprint density at radius 2 is 1.73 bits per heavy atom. The fraction of sp³-hybridized carbons (Fsp3) is 0.133. The highest BCUT2D eigenvalue weighted by Gasteiger charge is 2.19. The van der Waals surface area contributed by atoms with Gasteiger partial charge in [0.25, 0.3) is 0 Å². The summed E-state index contributed by atoms with van der Waals surface area (Å²) >= 11 is 11.7. The molecular weight excluding hydrogens is 345 g/mol. The van der Waals surface area contributed by atoms with Gasteiger partial charge < -0.3 is 5.32 Å². The summed E-state index contributed by atoms with van der Waals surface area (Å²) in [7, 11) is -3.71. The average molecular weight is 358 g/mol. The molecule has 116 valence electrons. The van der Waals surface area contributed by atoms with Crippen molar-refractivity contribution in [2.45, 2.75) is 11.8 Å². The number of hydrogen-bond acceptors (Lipinski definition) is 3. The fourth-order valence-electron chi connectivity index (χ4n) is 1.78. The summed E-state index contributed by atoms with van der Waals surface area (Å²) in [6, 6.07) is 10.9. The average Bonchev–Trinajstić information content (AvgIpc) is 2.42. The number of aryl methyl sites for hydroxylation is 1. The molecule has 0 bridgehead atoms. The molecule has 1 N–H and O–H groups in total. The van der Waals surface area contributed by atoms with Crippen molar-refractivity contribution in [3.63, 3.8) is 0 Å². The summed E-state index contributed by atoms with van der Waals surface area (Å²) < 4.78 is 24.4. The molecule has 22 heavy (non-hydrogen) atoms. The van der Waals surface area contributed by atoms with Crippen LogP contribution < -0.4 is 5.32 Å². The third-order valence-corrected chi connectivity index (χ3v) is 5.10. The van der Waals surface area contributed by atoms with E-state index in [2.05, 4.69) is 5.32 Å². The molecule has 2 rings (SSSR count). The van der Waals surface area contributed by atoms with Crippen LogP contribution in [0.3, 0.4) is 0 Å². The van der Waals surface area contributed by atoms with Gasteiger partial charge in [-0.15, -0.1) is 0 Å². The van der Waals surface area contributed by atoms with Gasteiger partial charge in [0, 0.05) is 5.02 Å². The first-order chi connectivity index (χ1) is 10.3. The Labute approximate surface area is 139 Å².